The lowest BCUT2D eigenvalue weighted by molar-refractivity contribution is 0.0415. The van der Waals surface area contributed by atoms with Crippen molar-refractivity contribution in [3.8, 4) is 11.3 Å². The highest BCUT2D eigenvalue weighted by Crippen LogP contribution is 2.38. The van der Waals surface area contributed by atoms with Crippen LogP contribution in [-0.4, -0.2) is 28.3 Å². The fraction of sp³-hybridized carbons (Fsp3) is 0.273. The Hall–Kier alpha value is -1.75. The minimum atomic E-state index is -2.79. The summed E-state index contributed by atoms with van der Waals surface area (Å²) < 4.78 is 36.9. The maximum Gasteiger partial charge on any atom is 0.348 e. The van der Waals surface area contributed by atoms with Crippen molar-refractivity contribution in [1.29, 1.82) is 0 Å². The second-order valence-corrected chi connectivity index (χ2v) is 7.64. The van der Waals surface area contributed by atoms with Gasteiger partial charge in [-0.05, 0) is 25.5 Å². The molecule has 0 atom stereocenters. The summed E-state index contributed by atoms with van der Waals surface area (Å²) in [6, 6.07) is 4.83. The summed E-state index contributed by atoms with van der Waals surface area (Å²) in [5, 5.41) is 7.63. The molecule has 1 aromatic carbocycles. The number of nitrogen functional groups attached to an aromatic ring is 1. The predicted octanol–water partition coefficient (Wildman–Crippen LogP) is 2.17. The maximum absolute atomic E-state index is 12.4. The number of hydrogen-bond donors (Lipinski definition) is 1. The third-order valence-electron chi connectivity index (χ3n) is 2.59. The van der Waals surface area contributed by atoms with E-state index < -0.39 is 13.7 Å². The van der Waals surface area contributed by atoms with Gasteiger partial charge in [-0.3, -0.25) is 0 Å². The van der Waals surface area contributed by atoms with Crippen molar-refractivity contribution in [3.05, 3.63) is 24.4 Å². The first-order chi connectivity index (χ1) is 8.79. The zero-order valence-electron chi connectivity index (χ0n) is 10.4. The second kappa shape index (κ2) is 4.74. The van der Waals surface area contributed by atoms with Crippen LogP contribution < -0.4 is 11.0 Å². The van der Waals surface area contributed by atoms with Crippen LogP contribution in [-0.2, 0) is 4.57 Å². The summed E-state index contributed by atoms with van der Waals surface area (Å²) in [5.41, 5.74) is 7.03. The van der Waals surface area contributed by atoms with Gasteiger partial charge in [0.2, 0.25) is 0 Å². The Morgan fingerprint density at radius 3 is 2.58 bits per heavy atom. The first-order valence-corrected chi connectivity index (χ1v) is 8.04. The lowest BCUT2D eigenvalue weighted by atomic mass is 10.1. The Morgan fingerprint density at radius 2 is 2.05 bits per heavy atom. The van der Waals surface area contributed by atoms with Gasteiger partial charge in [-0.2, -0.15) is 13.9 Å². The molecule has 0 aliphatic rings. The highest BCUT2D eigenvalue weighted by molar-refractivity contribution is 7.70. The molecule has 8 heteroatoms. The summed E-state index contributed by atoms with van der Waals surface area (Å²) in [6.07, 6.45) is 1.23. The van der Waals surface area contributed by atoms with Gasteiger partial charge in [0, 0.05) is 16.6 Å². The molecule has 1 heterocycles. The molecule has 0 amide bonds. The van der Waals surface area contributed by atoms with Gasteiger partial charge in [0.05, 0.1) is 6.20 Å². The molecule has 0 aliphatic carbocycles. The van der Waals surface area contributed by atoms with Gasteiger partial charge >= 0.3 is 6.55 Å². The van der Waals surface area contributed by atoms with Crippen LogP contribution in [0.1, 0.15) is 6.55 Å². The van der Waals surface area contributed by atoms with Gasteiger partial charge in [-0.1, -0.05) is 6.07 Å². The minimum absolute atomic E-state index is 0.287. The van der Waals surface area contributed by atoms with E-state index in [1.54, 1.807) is 31.5 Å². The van der Waals surface area contributed by atoms with Crippen LogP contribution in [0.15, 0.2) is 24.4 Å². The smallest absolute Gasteiger partial charge is 0.348 e. The van der Waals surface area contributed by atoms with Gasteiger partial charge in [-0.25, -0.2) is 0 Å². The van der Waals surface area contributed by atoms with E-state index >= 15 is 0 Å². The largest absolute Gasteiger partial charge is 0.398 e. The fourth-order valence-electron chi connectivity index (χ4n) is 1.67. The van der Waals surface area contributed by atoms with Crippen LogP contribution in [0.3, 0.4) is 0 Å². The normalized spacial score (nSPS) is 12.1. The Labute approximate surface area is 108 Å². The molecule has 1 aromatic heterocycles. The van der Waals surface area contributed by atoms with Crippen molar-refractivity contribution in [2.45, 2.75) is 6.55 Å². The number of anilines is 1. The lowest BCUT2D eigenvalue weighted by Crippen LogP contribution is -2.10. The summed E-state index contributed by atoms with van der Waals surface area (Å²) in [6.45, 7) is 0.405. The molecule has 0 aliphatic heterocycles. The van der Waals surface area contributed by atoms with Crippen LogP contribution in [0.5, 0.6) is 0 Å². The van der Waals surface area contributed by atoms with Crippen molar-refractivity contribution in [2.24, 2.45) is 0 Å². The molecule has 0 radical (unpaired) electrons. The molecule has 2 aromatic rings. The number of nitrogens with two attached hydrogens (primary N) is 1. The van der Waals surface area contributed by atoms with Crippen molar-refractivity contribution in [3.63, 3.8) is 0 Å². The van der Waals surface area contributed by atoms with Gasteiger partial charge in [0.25, 0.3) is 0 Å². The fourth-order valence-corrected chi connectivity index (χ4v) is 2.82. The third-order valence-corrected chi connectivity index (χ3v) is 4.14. The van der Waals surface area contributed by atoms with E-state index in [0.717, 1.165) is 0 Å². The average molecular weight is 286 g/mol. The van der Waals surface area contributed by atoms with Crippen molar-refractivity contribution < 1.29 is 13.3 Å². The van der Waals surface area contributed by atoms with Crippen molar-refractivity contribution in [1.82, 2.24) is 15.0 Å². The molecule has 5 nitrogen and oxygen atoms in total. The first-order valence-electron chi connectivity index (χ1n) is 5.44. The molecule has 2 N–H and O–H groups in total. The quantitative estimate of drug-likeness (QED) is 0.693. The van der Waals surface area contributed by atoms with E-state index in [4.69, 9.17) is 5.73 Å². The molecular formula is C11H13F2N4OP. The van der Waals surface area contributed by atoms with Gasteiger partial charge in [-0.15, -0.1) is 9.90 Å². The molecule has 0 fully saturated rings. The standard InChI is InChI=1S/C11H13F2N4OP/c1-19(2,18)10-5-7(3-4-8(10)14)9-6-15-17(16-9)11(12)13/h3-6,11H,14H2,1-2H3. The van der Waals surface area contributed by atoms with Crippen LogP contribution in [0.2, 0.25) is 0 Å². The summed E-state index contributed by atoms with van der Waals surface area (Å²) >= 11 is 0. The molecule has 0 spiro atoms. The molecule has 0 unspecified atom stereocenters. The van der Waals surface area contributed by atoms with Gasteiger partial charge in [0.15, 0.2) is 0 Å². The molecule has 0 saturated carbocycles. The van der Waals surface area contributed by atoms with Gasteiger partial charge < -0.3 is 10.3 Å². The Balaban J connectivity index is 2.48. The van der Waals surface area contributed by atoms with Crippen molar-refractivity contribution in [2.75, 3.05) is 19.1 Å². The molecule has 2 rings (SSSR count). The molecule has 0 bridgehead atoms. The molecule has 102 valence electrons. The summed E-state index contributed by atoms with van der Waals surface area (Å²) in [4.78, 5) is 0.322. The Bertz CT molecular complexity index is 650. The van der Waals surface area contributed by atoms with Crippen LogP contribution in [0.25, 0.3) is 11.3 Å². The van der Waals surface area contributed by atoms with Crippen LogP contribution in [0.4, 0.5) is 14.5 Å². The van der Waals surface area contributed by atoms with E-state index in [1.165, 1.54) is 6.20 Å². The summed E-state index contributed by atoms with van der Waals surface area (Å²) in [5.74, 6) is 0. The van der Waals surface area contributed by atoms with E-state index in [2.05, 4.69) is 10.2 Å². The number of rotatable bonds is 3. The summed E-state index contributed by atoms with van der Waals surface area (Å²) in [7, 11) is -2.54. The number of nitrogens with zero attached hydrogens (tertiary/aromatic N) is 3. The van der Waals surface area contributed by atoms with E-state index in [9.17, 15) is 13.3 Å². The number of aromatic nitrogens is 3. The van der Waals surface area contributed by atoms with E-state index in [-0.39, 0.29) is 5.69 Å². The predicted molar refractivity (Wildman–Crippen MR) is 70.2 cm³/mol. The van der Waals surface area contributed by atoms with Gasteiger partial charge in [0.1, 0.15) is 12.8 Å². The molecule has 0 saturated heterocycles. The number of halogens is 2. The highest BCUT2D eigenvalue weighted by Gasteiger charge is 2.17. The van der Waals surface area contributed by atoms with Crippen molar-refractivity contribution >= 4 is 18.1 Å². The van der Waals surface area contributed by atoms with Crippen LogP contribution in [0, 0.1) is 0 Å². The highest BCUT2D eigenvalue weighted by atomic mass is 31.2. The first kappa shape index (κ1) is 13.7. The Kier molecular flexibility index (Phi) is 3.41. The molecule has 19 heavy (non-hydrogen) atoms. The van der Waals surface area contributed by atoms with Crippen LogP contribution >= 0.6 is 7.14 Å². The second-order valence-electron chi connectivity index (χ2n) is 4.45. The zero-order valence-corrected chi connectivity index (χ0v) is 11.3. The van der Waals surface area contributed by atoms with E-state index in [1.807, 2.05) is 0 Å². The number of alkyl halides is 2. The zero-order chi connectivity index (χ0) is 14.2. The number of benzene rings is 1. The SMILES string of the molecule is CP(C)(=O)c1cc(-c2cnn(C(F)F)n2)ccc1N. The lowest BCUT2D eigenvalue weighted by Gasteiger charge is -2.11. The topological polar surface area (TPSA) is 73.8 Å². The number of hydrogen-bond acceptors (Lipinski definition) is 4. The Morgan fingerprint density at radius 1 is 1.37 bits per heavy atom. The minimum Gasteiger partial charge on any atom is -0.398 e. The maximum atomic E-state index is 12.4. The van der Waals surface area contributed by atoms with E-state index in [0.29, 0.717) is 21.4 Å². The third kappa shape index (κ3) is 2.81. The molecular weight excluding hydrogens is 273 g/mol. The average Bonchev–Trinajstić information content (AvgIpc) is 2.77. The monoisotopic (exact) mass is 286 g/mol.